The van der Waals surface area contributed by atoms with Gasteiger partial charge in [0.2, 0.25) is 0 Å². The van der Waals surface area contributed by atoms with E-state index in [9.17, 15) is 10.2 Å². The monoisotopic (exact) mass is 495 g/mol. The molecule has 5 heteroatoms. The molecule has 190 valence electrons. The van der Waals surface area contributed by atoms with Crippen LogP contribution in [0.1, 0.15) is 55.5 Å². The van der Waals surface area contributed by atoms with Crippen molar-refractivity contribution in [2.24, 2.45) is 5.92 Å². The Labute approximate surface area is 219 Å². The summed E-state index contributed by atoms with van der Waals surface area (Å²) in [5.74, 6) is 4.99. The molecule has 3 aromatic rings. The lowest BCUT2D eigenvalue weighted by atomic mass is 9.85. The van der Waals surface area contributed by atoms with E-state index in [2.05, 4.69) is 24.7 Å². The van der Waals surface area contributed by atoms with Crippen LogP contribution in [0, 0.1) is 18.3 Å². The summed E-state index contributed by atoms with van der Waals surface area (Å²) in [5.41, 5.74) is 4.89. The van der Waals surface area contributed by atoms with Crippen LogP contribution in [0.4, 0.5) is 0 Å². The molecule has 3 atom stereocenters. The number of ether oxygens (including phenoxy) is 2. The summed E-state index contributed by atoms with van der Waals surface area (Å²) in [6.45, 7) is 9.44. The molecule has 5 rings (SSSR count). The highest BCUT2D eigenvalue weighted by Gasteiger charge is 2.30. The van der Waals surface area contributed by atoms with Crippen molar-refractivity contribution < 1.29 is 19.7 Å². The first-order chi connectivity index (χ1) is 17.8. The molecule has 5 nitrogen and oxygen atoms in total. The number of nitrogens with zero attached hydrogens (tertiary/aromatic N) is 1. The first kappa shape index (κ1) is 24.8. The molecule has 1 saturated heterocycles. The zero-order chi connectivity index (χ0) is 26.1. The van der Waals surface area contributed by atoms with Crippen molar-refractivity contribution in [1.29, 1.82) is 0 Å². The number of hydrogen-bond donors (Lipinski definition) is 2. The maximum Gasteiger partial charge on any atom is 0.150 e. The van der Waals surface area contributed by atoms with Crippen LogP contribution in [0.5, 0.6) is 23.0 Å². The third-order valence-corrected chi connectivity index (χ3v) is 7.50. The standard InChI is InChI=1S/C32H33NO4/c1-5-23-6-7-25(16-29(23)35)31-22(4)28-17-26(34)10-13-30(28)37-32(31)24-8-11-27(12-9-24)36-19-21(3)33-15-14-20(2)18-33/h1,6-13,16-17,20-21,32,34-35H,14-15,18-19H2,2-4H3/t20-,21+,32?/m1/s1. The number of benzene rings is 3. The number of rotatable bonds is 6. The molecule has 0 bridgehead atoms. The Morgan fingerprint density at radius 1 is 1.11 bits per heavy atom. The predicted molar refractivity (Wildman–Crippen MR) is 147 cm³/mol. The molecule has 0 aliphatic carbocycles. The van der Waals surface area contributed by atoms with Crippen molar-refractivity contribution in [1.82, 2.24) is 4.90 Å². The first-order valence-corrected chi connectivity index (χ1v) is 12.8. The SMILES string of the molecule is C#Cc1ccc(C2=C(C)c3cc(O)ccc3OC2c2ccc(OC[C@H](C)N3CC[C@@H](C)C3)cc2)cc1O. The van der Waals surface area contributed by atoms with Crippen molar-refractivity contribution in [3.8, 4) is 35.3 Å². The Morgan fingerprint density at radius 2 is 1.89 bits per heavy atom. The fourth-order valence-corrected chi connectivity index (χ4v) is 5.30. The van der Waals surface area contributed by atoms with Crippen molar-refractivity contribution in [3.05, 3.63) is 82.9 Å². The van der Waals surface area contributed by atoms with E-state index in [0.29, 0.717) is 24.0 Å². The number of terminal acetylenes is 1. The van der Waals surface area contributed by atoms with Gasteiger partial charge in [-0.3, -0.25) is 4.90 Å². The average Bonchev–Trinajstić information content (AvgIpc) is 3.34. The molecule has 0 amide bonds. The Hall–Kier alpha value is -3.88. The van der Waals surface area contributed by atoms with Crippen LogP contribution < -0.4 is 9.47 Å². The molecule has 0 spiro atoms. The summed E-state index contributed by atoms with van der Waals surface area (Å²) in [7, 11) is 0. The second kappa shape index (κ2) is 10.2. The van der Waals surface area contributed by atoms with Gasteiger partial charge in [0.15, 0.2) is 0 Å². The average molecular weight is 496 g/mol. The molecular weight excluding hydrogens is 462 g/mol. The summed E-state index contributed by atoms with van der Waals surface area (Å²) in [5, 5.41) is 20.6. The van der Waals surface area contributed by atoms with Gasteiger partial charge in [0, 0.05) is 23.7 Å². The van der Waals surface area contributed by atoms with Gasteiger partial charge in [0.05, 0.1) is 5.56 Å². The van der Waals surface area contributed by atoms with E-state index in [4.69, 9.17) is 15.9 Å². The Bertz CT molecular complexity index is 1370. The number of allylic oxidation sites excluding steroid dienone is 1. The fraction of sp³-hybridized carbons (Fsp3) is 0.312. The number of phenolic OH excluding ortho intramolecular Hbond substituents is 2. The van der Waals surface area contributed by atoms with E-state index in [1.54, 1.807) is 30.3 Å². The number of aromatic hydroxyl groups is 2. The van der Waals surface area contributed by atoms with Gasteiger partial charge < -0.3 is 19.7 Å². The summed E-state index contributed by atoms with van der Waals surface area (Å²) < 4.78 is 12.6. The van der Waals surface area contributed by atoms with Gasteiger partial charge in [-0.1, -0.05) is 31.0 Å². The van der Waals surface area contributed by atoms with Gasteiger partial charge in [-0.15, -0.1) is 6.42 Å². The minimum atomic E-state index is -0.410. The van der Waals surface area contributed by atoms with Gasteiger partial charge in [-0.25, -0.2) is 0 Å². The van der Waals surface area contributed by atoms with E-state index < -0.39 is 6.10 Å². The van der Waals surface area contributed by atoms with Crippen molar-refractivity contribution in [3.63, 3.8) is 0 Å². The minimum absolute atomic E-state index is 0.0472. The third kappa shape index (κ3) is 5.03. The zero-order valence-corrected chi connectivity index (χ0v) is 21.6. The molecule has 0 saturated carbocycles. The van der Waals surface area contributed by atoms with E-state index in [1.165, 1.54) is 6.42 Å². The second-order valence-electron chi connectivity index (χ2n) is 10.2. The van der Waals surface area contributed by atoms with E-state index >= 15 is 0 Å². The molecule has 1 unspecified atom stereocenters. The topological polar surface area (TPSA) is 62.2 Å². The van der Waals surface area contributed by atoms with Crippen molar-refractivity contribution in [2.45, 2.75) is 39.3 Å². The number of hydrogen-bond acceptors (Lipinski definition) is 5. The van der Waals surface area contributed by atoms with Gasteiger partial charge in [-0.05, 0) is 91.9 Å². The molecule has 2 heterocycles. The Kier molecular flexibility index (Phi) is 6.86. The zero-order valence-electron chi connectivity index (χ0n) is 21.6. The number of phenols is 2. The van der Waals surface area contributed by atoms with E-state index in [-0.39, 0.29) is 11.5 Å². The van der Waals surface area contributed by atoms with Crippen LogP contribution in [0.2, 0.25) is 0 Å². The molecule has 3 aromatic carbocycles. The molecule has 2 aliphatic rings. The van der Waals surface area contributed by atoms with Crippen LogP contribution in [0.3, 0.4) is 0 Å². The lowest BCUT2D eigenvalue weighted by molar-refractivity contribution is 0.169. The lowest BCUT2D eigenvalue weighted by Crippen LogP contribution is -2.35. The van der Waals surface area contributed by atoms with Crippen molar-refractivity contribution in [2.75, 3.05) is 19.7 Å². The maximum absolute atomic E-state index is 10.5. The predicted octanol–water partition coefficient (Wildman–Crippen LogP) is 6.25. The number of likely N-dealkylation sites (tertiary alicyclic amines) is 1. The van der Waals surface area contributed by atoms with Gasteiger partial charge in [0.1, 0.15) is 35.7 Å². The molecule has 2 N–H and O–H groups in total. The molecular formula is C32H33NO4. The van der Waals surface area contributed by atoms with Crippen LogP contribution in [0.25, 0.3) is 11.1 Å². The second-order valence-corrected chi connectivity index (χ2v) is 10.2. The van der Waals surface area contributed by atoms with Crippen LogP contribution in [0.15, 0.2) is 60.7 Å². The van der Waals surface area contributed by atoms with Crippen molar-refractivity contribution >= 4 is 11.1 Å². The molecule has 0 aromatic heterocycles. The third-order valence-electron chi connectivity index (χ3n) is 7.50. The molecule has 1 fully saturated rings. The lowest BCUT2D eigenvalue weighted by Gasteiger charge is -2.31. The molecule has 0 radical (unpaired) electrons. The fourth-order valence-electron chi connectivity index (χ4n) is 5.30. The Morgan fingerprint density at radius 3 is 2.57 bits per heavy atom. The van der Waals surface area contributed by atoms with Crippen LogP contribution >= 0.6 is 0 Å². The highest BCUT2D eigenvalue weighted by Crippen LogP contribution is 2.48. The summed E-state index contributed by atoms with van der Waals surface area (Å²) >= 11 is 0. The highest BCUT2D eigenvalue weighted by atomic mass is 16.5. The van der Waals surface area contributed by atoms with Gasteiger partial charge >= 0.3 is 0 Å². The minimum Gasteiger partial charge on any atom is -0.508 e. The molecule has 37 heavy (non-hydrogen) atoms. The Balaban J connectivity index is 1.43. The van der Waals surface area contributed by atoms with Gasteiger partial charge in [-0.2, -0.15) is 0 Å². The first-order valence-electron chi connectivity index (χ1n) is 12.8. The number of fused-ring (bicyclic) bond motifs is 1. The van der Waals surface area contributed by atoms with E-state index in [0.717, 1.165) is 52.6 Å². The highest BCUT2D eigenvalue weighted by molar-refractivity contribution is 5.96. The molecule has 2 aliphatic heterocycles. The normalized spacial score (nSPS) is 20.2. The maximum atomic E-state index is 10.5. The van der Waals surface area contributed by atoms with E-state index in [1.807, 2.05) is 37.3 Å². The quantitative estimate of drug-likeness (QED) is 0.396. The van der Waals surface area contributed by atoms with Gasteiger partial charge in [0.25, 0.3) is 0 Å². The van der Waals surface area contributed by atoms with Crippen LogP contribution in [-0.2, 0) is 0 Å². The largest absolute Gasteiger partial charge is 0.508 e. The summed E-state index contributed by atoms with van der Waals surface area (Å²) in [4.78, 5) is 2.49. The smallest absolute Gasteiger partial charge is 0.150 e. The van der Waals surface area contributed by atoms with Crippen LogP contribution in [-0.4, -0.2) is 40.9 Å². The summed E-state index contributed by atoms with van der Waals surface area (Å²) in [6.07, 6.45) is 6.36. The summed E-state index contributed by atoms with van der Waals surface area (Å²) in [6, 6.07) is 18.8.